The molecule has 130 valence electrons. The van der Waals surface area contributed by atoms with Crippen molar-refractivity contribution in [3.8, 4) is 11.3 Å². The molecule has 0 aromatic carbocycles. The minimum Gasteiger partial charge on any atom is -0.364 e. The number of aromatic nitrogens is 2. The van der Waals surface area contributed by atoms with Crippen molar-refractivity contribution in [3.63, 3.8) is 0 Å². The lowest BCUT2D eigenvalue weighted by molar-refractivity contribution is -0.0564. The van der Waals surface area contributed by atoms with E-state index < -0.39 is 0 Å². The van der Waals surface area contributed by atoms with Crippen molar-refractivity contribution in [1.82, 2.24) is 20.6 Å². The van der Waals surface area contributed by atoms with Crippen molar-refractivity contribution < 1.29 is 9.53 Å². The molecule has 1 saturated heterocycles. The van der Waals surface area contributed by atoms with Gasteiger partial charge in [0.15, 0.2) is 0 Å². The lowest BCUT2D eigenvalue weighted by Gasteiger charge is -2.31. The monoisotopic (exact) mass is 358 g/mol. The second kappa shape index (κ2) is 6.37. The third-order valence-electron chi connectivity index (χ3n) is 4.68. The summed E-state index contributed by atoms with van der Waals surface area (Å²) in [6, 6.07) is 7.35. The Morgan fingerprint density at radius 1 is 1.40 bits per heavy atom. The van der Waals surface area contributed by atoms with Crippen molar-refractivity contribution in [1.29, 1.82) is 0 Å². The highest BCUT2D eigenvalue weighted by Crippen LogP contribution is 2.45. The Morgan fingerprint density at radius 2 is 2.24 bits per heavy atom. The zero-order chi connectivity index (χ0) is 17.4. The number of carbonyl (C=O) groups is 1. The van der Waals surface area contributed by atoms with Gasteiger partial charge in [0, 0.05) is 31.9 Å². The second-order valence-corrected chi connectivity index (χ2v) is 6.92. The molecule has 1 unspecified atom stereocenters. The Hall–Kier alpha value is -2.02. The third kappa shape index (κ3) is 3.38. The van der Waals surface area contributed by atoms with Gasteiger partial charge in [-0.1, -0.05) is 11.6 Å². The Bertz CT molecular complexity index is 822. The molecule has 0 radical (unpaired) electrons. The number of halogens is 1. The summed E-state index contributed by atoms with van der Waals surface area (Å²) in [5.74, 6) is -0.236. The number of rotatable bonds is 3. The Kier molecular flexibility index (Phi) is 4.19. The van der Waals surface area contributed by atoms with E-state index in [1.54, 1.807) is 19.3 Å². The zero-order valence-electron chi connectivity index (χ0n) is 13.9. The Labute approximate surface area is 151 Å². The minimum absolute atomic E-state index is 0.00186. The second-order valence-electron chi connectivity index (χ2n) is 6.54. The first-order valence-corrected chi connectivity index (χ1v) is 8.71. The number of hydrogen-bond donors (Lipinski definition) is 2. The number of hydrogen-bond acceptors (Lipinski definition) is 5. The van der Waals surface area contributed by atoms with Crippen LogP contribution in [0.15, 0.2) is 30.5 Å². The van der Waals surface area contributed by atoms with E-state index in [0.29, 0.717) is 16.5 Å². The van der Waals surface area contributed by atoms with Crippen molar-refractivity contribution in [2.75, 3.05) is 20.1 Å². The van der Waals surface area contributed by atoms with Crippen molar-refractivity contribution in [3.05, 3.63) is 46.9 Å². The van der Waals surface area contributed by atoms with Crippen LogP contribution in [0.2, 0.25) is 5.15 Å². The molecule has 2 aromatic heterocycles. The molecule has 3 heterocycles. The van der Waals surface area contributed by atoms with Gasteiger partial charge in [-0.25, -0.2) is 4.98 Å². The number of morpholine rings is 1. The number of ether oxygens (including phenoxy) is 1. The average Bonchev–Trinajstić information content (AvgIpc) is 3.39. The van der Waals surface area contributed by atoms with E-state index in [0.717, 1.165) is 37.1 Å². The number of carbonyl (C=O) groups excluding carboxylic acids is 1. The highest BCUT2D eigenvalue weighted by atomic mass is 35.5. The highest BCUT2D eigenvalue weighted by Gasteiger charge is 2.47. The maximum Gasteiger partial charge on any atom is 0.269 e. The summed E-state index contributed by atoms with van der Waals surface area (Å²) in [6.45, 7) is 1.66. The van der Waals surface area contributed by atoms with Crippen LogP contribution in [-0.4, -0.2) is 41.6 Å². The first kappa shape index (κ1) is 16.4. The fourth-order valence-electron chi connectivity index (χ4n) is 3.13. The van der Waals surface area contributed by atoms with Crippen molar-refractivity contribution >= 4 is 17.5 Å². The van der Waals surface area contributed by atoms with Gasteiger partial charge >= 0.3 is 0 Å². The fourth-order valence-corrected chi connectivity index (χ4v) is 3.35. The van der Waals surface area contributed by atoms with Gasteiger partial charge in [-0.3, -0.25) is 9.78 Å². The molecule has 1 aliphatic carbocycles. The molecule has 0 bridgehead atoms. The zero-order valence-corrected chi connectivity index (χ0v) is 14.6. The SMILES string of the molecule is CNC(=O)c1cc(-c2cc(C3CNCC4(CC4)O3)cc(Cl)n2)ccn1. The van der Waals surface area contributed by atoms with Gasteiger partial charge < -0.3 is 15.4 Å². The number of nitrogens with zero attached hydrogens (tertiary/aromatic N) is 2. The smallest absolute Gasteiger partial charge is 0.269 e. The predicted molar refractivity (Wildman–Crippen MR) is 94.5 cm³/mol. The van der Waals surface area contributed by atoms with Gasteiger partial charge in [0.1, 0.15) is 10.8 Å². The first-order chi connectivity index (χ1) is 12.1. The van der Waals surface area contributed by atoms with Crippen LogP contribution in [0.3, 0.4) is 0 Å². The molecule has 2 fully saturated rings. The van der Waals surface area contributed by atoms with Gasteiger partial charge in [0.2, 0.25) is 0 Å². The molecule has 1 atom stereocenters. The van der Waals surface area contributed by atoms with Gasteiger partial charge in [0.25, 0.3) is 5.91 Å². The first-order valence-electron chi connectivity index (χ1n) is 8.33. The molecule has 2 aromatic rings. The van der Waals surface area contributed by atoms with Crippen LogP contribution in [0.4, 0.5) is 0 Å². The van der Waals surface area contributed by atoms with Crippen molar-refractivity contribution in [2.24, 2.45) is 0 Å². The van der Waals surface area contributed by atoms with E-state index in [9.17, 15) is 4.79 Å². The molecular weight excluding hydrogens is 340 g/mol. The van der Waals surface area contributed by atoms with Gasteiger partial charge in [-0.15, -0.1) is 0 Å². The van der Waals surface area contributed by atoms with E-state index >= 15 is 0 Å². The standard InChI is InChI=1S/C18H19ClN4O2/c1-20-17(24)14-6-11(2-5-22-14)13-7-12(8-16(19)23-13)15-9-21-10-18(25-15)3-4-18/h2,5-8,15,21H,3-4,9-10H2,1H3,(H,20,24). The molecule has 7 heteroatoms. The summed E-state index contributed by atoms with van der Waals surface area (Å²) >= 11 is 6.25. The topological polar surface area (TPSA) is 76.1 Å². The van der Waals surface area contributed by atoms with Crippen LogP contribution < -0.4 is 10.6 Å². The van der Waals surface area contributed by atoms with Crippen molar-refractivity contribution in [2.45, 2.75) is 24.5 Å². The largest absolute Gasteiger partial charge is 0.364 e. The molecule has 1 aliphatic heterocycles. The lowest BCUT2D eigenvalue weighted by Crippen LogP contribution is -2.42. The quantitative estimate of drug-likeness (QED) is 0.824. The van der Waals surface area contributed by atoms with Crippen LogP contribution in [0, 0.1) is 0 Å². The maximum atomic E-state index is 11.8. The lowest BCUT2D eigenvalue weighted by atomic mass is 10.0. The normalized spacial score (nSPS) is 21.1. The molecular formula is C18H19ClN4O2. The van der Waals surface area contributed by atoms with Crippen LogP contribution >= 0.6 is 11.6 Å². The van der Waals surface area contributed by atoms with Crippen LogP contribution in [0.5, 0.6) is 0 Å². The average molecular weight is 359 g/mol. The highest BCUT2D eigenvalue weighted by molar-refractivity contribution is 6.29. The summed E-state index contributed by atoms with van der Waals surface area (Å²) in [5, 5.41) is 6.43. The molecule has 1 spiro atoms. The molecule has 4 rings (SSSR count). The van der Waals surface area contributed by atoms with E-state index in [1.807, 2.05) is 18.2 Å². The minimum atomic E-state index is -0.236. The fraction of sp³-hybridized carbons (Fsp3) is 0.389. The van der Waals surface area contributed by atoms with Gasteiger partial charge in [-0.05, 0) is 42.7 Å². The summed E-state index contributed by atoms with van der Waals surface area (Å²) in [5.41, 5.74) is 2.83. The molecule has 1 saturated carbocycles. The number of pyridine rings is 2. The summed E-state index contributed by atoms with van der Waals surface area (Å²) < 4.78 is 6.27. The molecule has 25 heavy (non-hydrogen) atoms. The molecule has 1 amide bonds. The number of amides is 1. The van der Waals surface area contributed by atoms with E-state index in [-0.39, 0.29) is 17.6 Å². The van der Waals surface area contributed by atoms with E-state index in [1.165, 1.54) is 0 Å². The van der Waals surface area contributed by atoms with Crippen LogP contribution in [-0.2, 0) is 4.74 Å². The molecule has 6 nitrogen and oxygen atoms in total. The number of nitrogens with one attached hydrogen (secondary N) is 2. The van der Waals surface area contributed by atoms with Gasteiger partial charge in [-0.2, -0.15) is 0 Å². The summed E-state index contributed by atoms with van der Waals surface area (Å²) in [7, 11) is 1.58. The molecule has 2 aliphatic rings. The molecule has 2 N–H and O–H groups in total. The summed E-state index contributed by atoms with van der Waals surface area (Å²) in [4.78, 5) is 20.3. The van der Waals surface area contributed by atoms with Gasteiger partial charge in [0.05, 0.1) is 17.4 Å². The Morgan fingerprint density at radius 3 is 3.00 bits per heavy atom. The third-order valence-corrected chi connectivity index (χ3v) is 4.87. The van der Waals surface area contributed by atoms with Crippen LogP contribution in [0.25, 0.3) is 11.3 Å². The summed E-state index contributed by atoms with van der Waals surface area (Å²) in [6.07, 6.45) is 3.75. The Balaban J connectivity index is 1.67. The maximum absolute atomic E-state index is 11.8. The predicted octanol–water partition coefficient (Wildman–Crippen LogP) is 2.35. The van der Waals surface area contributed by atoms with E-state index in [2.05, 4.69) is 20.6 Å². The van der Waals surface area contributed by atoms with Crippen LogP contribution in [0.1, 0.15) is 35.0 Å². The van der Waals surface area contributed by atoms with E-state index in [4.69, 9.17) is 16.3 Å².